The van der Waals surface area contributed by atoms with Gasteiger partial charge in [0.25, 0.3) is 11.8 Å². The fourth-order valence-corrected chi connectivity index (χ4v) is 7.14. The van der Waals surface area contributed by atoms with Crippen LogP contribution in [0.25, 0.3) is 0 Å². The lowest BCUT2D eigenvalue weighted by atomic mass is 9.87. The van der Waals surface area contributed by atoms with E-state index in [9.17, 15) is 18.0 Å². The number of nitrogens with one attached hydrogen (secondary N) is 2. The van der Waals surface area contributed by atoms with E-state index in [1.54, 1.807) is 41.4 Å². The Kier molecular flexibility index (Phi) is 9.18. The van der Waals surface area contributed by atoms with Crippen molar-refractivity contribution in [3.63, 3.8) is 0 Å². The first-order valence-electron chi connectivity index (χ1n) is 14.0. The molecule has 0 aliphatic carbocycles. The Morgan fingerprint density at radius 2 is 1.82 bits per heavy atom. The number of sulfonamides is 1. The molecule has 0 bridgehead atoms. The third kappa shape index (κ3) is 6.73. The summed E-state index contributed by atoms with van der Waals surface area (Å²) in [5.41, 5.74) is 0.933. The molecule has 0 saturated carbocycles. The van der Waals surface area contributed by atoms with Crippen molar-refractivity contribution in [3.05, 3.63) is 53.9 Å². The summed E-state index contributed by atoms with van der Waals surface area (Å²) >= 11 is 0. The summed E-state index contributed by atoms with van der Waals surface area (Å²) in [7, 11) is -3.49. The topological polar surface area (TPSA) is 130 Å². The van der Waals surface area contributed by atoms with Gasteiger partial charge in [0.05, 0.1) is 16.9 Å². The smallest absolute Gasteiger partial charge is 0.255 e. The van der Waals surface area contributed by atoms with Crippen molar-refractivity contribution in [2.75, 3.05) is 58.2 Å². The van der Waals surface area contributed by atoms with E-state index in [0.29, 0.717) is 61.8 Å². The zero-order valence-electron chi connectivity index (χ0n) is 22.6. The van der Waals surface area contributed by atoms with Crippen LogP contribution in [0.4, 0.5) is 0 Å². The van der Waals surface area contributed by atoms with Crippen molar-refractivity contribution in [2.45, 2.75) is 31.7 Å². The van der Waals surface area contributed by atoms with E-state index >= 15 is 0 Å². The second kappa shape index (κ2) is 13.0. The Hall–Kier alpha value is -3.22. The number of hydrogen-bond donors (Lipinski definition) is 2. The van der Waals surface area contributed by atoms with Gasteiger partial charge in [0.1, 0.15) is 13.2 Å². The fourth-order valence-electron chi connectivity index (χ4n) is 5.63. The number of pyridine rings is 1. The van der Waals surface area contributed by atoms with E-state index in [1.807, 2.05) is 0 Å². The lowest BCUT2D eigenvalue weighted by molar-refractivity contribution is 0.0697. The van der Waals surface area contributed by atoms with Crippen LogP contribution in [-0.4, -0.2) is 98.7 Å². The van der Waals surface area contributed by atoms with Gasteiger partial charge in [-0.25, -0.2) is 8.42 Å². The third-order valence-corrected chi connectivity index (χ3v) is 9.78. The predicted octanol–water partition coefficient (Wildman–Crippen LogP) is 1.52. The van der Waals surface area contributed by atoms with Gasteiger partial charge in [0.15, 0.2) is 11.5 Å². The highest BCUT2D eigenvalue weighted by Gasteiger charge is 2.31. The lowest BCUT2D eigenvalue weighted by Gasteiger charge is -2.34. The van der Waals surface area contributed by atoms with Gasteiger partial charge < -0.3 is 25.0 Å². The molecule has 3 aliphatic heterocycles. The Labute approximate surface area is 235 Å². The summed E-state index contributed by atoms with van der Waals surface area (Å²) in [6, 6.07) is 8.56. The molecule has 2 aromatic rings. The summed E-state index contributed by atoms with van der Waals surface area (Å²) in [6.07, 6.45) is 5.95. The molecule has 40 heavy (non-hydrogen) atoms. The first kappa shape index (κ1) is 28.3. The molecule has 1 aromatic heterocycles. The van der Waals surface area contributed by atoms with Crippen molar-refractivity contribution < 1.29 is 27.5 Å². The highest BCUT2D eigenvalue weighted by Crippen LogP contribution is 2.34. The molecule has 0 radical (unpaired) electrons. The first-order valence-corrected chi connectivity index (χ1v) is 15.6. The molecule has 12 heteroatoms. The van der Waals surface area contributed by atoms with Crippen molar-refractivity contribution in [1.29, 1.82) is 0 Å². The average molecular weight is 572 g/mol. The van der Waals surface area contributed by atoms with Crippen LogP contribution in [0.3, 0.4) is 0 Å². The van der Waals surface area contributed by atoms with Gasteiger partial charge in [0, 0.05) is 44.6 Å². The highest BCUT2D eigenvalue weighted by molar-refractivity contribution is 7.89. The zero-order chi connectivity index (χ0) is 28.0. The van der Waals surface area contributed by atoms with E-state index in [1.165, 1.54) is 10.5 Å². The lowest BCUT2D eigenvalue weighted by Crippen LogP contribution is -2.51. The zero-order valence-corrected chi connectivity index (χ0v) is 23.4. The molecule has 1 unspecified atom stereocenters. The molecule has 2 fully saturated rings. The van der Waals surface area contributed by atoms with Crippen molar-refractivity contribution in [3.8, 4) is 11.5 Å². The van der Waals surface area contributed by atoms with Crippen LogP contribution in [0.2, 0.25) is 0 Å². The van der Waals surface area contributed by atoms with Gasteiger partial charge in [-0.15, -0.1) is 0 Å². The van der Waals surface area contributed by atoms with E-state index in [0.717, 1.165) is 25.9 Å². The number of fused-ring (bicyclic) bond motifs is 1. The maximum Gasteiger partial charge on any atom is 0.255 e. The number of aromatic nitrogens is 1. The third-order valence-electron chi connectivity index (χ3n) is 7.83. The number of piperazine rings is 1. The Morgan fingerprint density at radius 1 is 1.05 bits per heavy atom. The fraction of sp³-hybridized carbons (Fsp3) is 0.536. The number of para-hydroxylation sites is 1. The number of hydrogen-bond acceptors (Lipinski definition) is 8. The van der Waals surface area contributed by atoms with Gasteiger partial charge in [-0.3, -0.25) is 14.6 Å². The van der Waals surface area contributed by atoms with Gasteiger partial charge in [-0.2, -0.15) is 4.31 Å². The summed E-state index contributed by atoms with van der Waals surface area (Å²) in [4.78, 5) is 31.7. The number of carbonyl (C=O) groups excluding carboxylic acids is 2. The molecule has 4 heterocycles. The van der Waals surface area contributed by atoms with Crippen LogP contribution in [0, 0.1) is 5.92 Å². The Balaban J connectivity index is 1.17. The van der Waals surface area contributed by atoms with E-state index in [4.69, 9.17) is 9.47 Å². The Bertz CT molecular complexity index is 1280. The molecular weight excluding hydrogens is 534 g/mol. The molecule has 2 amide bonds. The molecular formula is C28H37N5O6S. The molecule has 0 spiro atoms. The summed E-state index contributed by atoms with van der Waals surface area (Å²) in [6.45, 7) is 3.79. The molecule has 3 aliphatic rings. The minimum Gasteiger partial charge on any atom is -0.486 e. The highest BCUT2D eigenvalue weighted by atomic mass is 32.2. The number of benzene rings is 1. The van der Waals surface area contributed by atoms with Gasteiger partial charge >= 0.3 is 0 Å². The maximum absolute atomic E-state index is 13.3. The average Bonchev–Trinajstić information content (AvgIpc) is 3.00. The quantitative estimate of drug-likeness (QED) is 0.464. The van der Waals surface area contributed by atoms with Crippen LogP contribution in [0.5, 0.6) is 11.5 Å². The normalized spacial score (nSPS) is 19.1. The standard InChI is InChI=1S/C28H37N5O6S/c34-27(23-5-1-7-25-26(23)39-18-17-38-25)31-24(21-8-11-29-12-9-21)6-3-19-40(36,37)33-15-13-32(14-16-33)28(35)22-4-2-10-30-20-22/h1-2,4-5,7,10,20-21,24,29H,3,6,8-9,11-19H2,(H,31,34). The summed E-state index contributed by atoms with van der Waals surface area (Å²) in [5.74, 6) is 0.903. The molecule has 2 N–H and O–H groups in total. The number of rotatable bonds is 9. The molecule has 11 nitrogen and oxygen atoms in total. The van der Waals surface area contributed by atoms with Crippen LogP contribution >= 0.6 is 0 Å². The van der Waals surface area contributed by atoms with Crippen LogP contribution in [0.15, 0.2) is 42.7 Å². The molecule has 1 atom stereocenters. The van der Waals surface area contributed by atoms with Gasteiger partial charge in [-0.05, 0) is 69.0 Å². The van der Waals surface area contributed by atoms with Crippen LogP contribution < -0.4 is 20.1 Å². The summed E-state index contributed by atoms with van der Waals surface area (Å²) < 4.78 is 39.2. The largest absolute Gasteiger partial charge is 0.486 e. The molecule has 216 valence electrons. The molecule has 1 aromatic carbocycles. The number of amides is 2. The number of carbonyl (C=O) groups is 2. The van der Waals surface area contributed by atoms with Crippen LogP contribution in [-0.2, 0) is 10.0 Å². The monoisotopic (exact) mass is 571 g/mol. The second-order valence-electron chi connectivity index (χ2n) is 10.4. The van der Waals surface area contributed by atoms with Crippen LogP contribution in [0.1, 0.15) is 46.4 Å². The SMILES string of the molecule is O=C(NC(CCCS(=O)(=O)N1CCN(C(=O)c2cccnc2)CC1)C1CCNCC1)c1cccc2c1OCCO2. The Morgan fingerprint density at radius 3 is 2.58 bits per heavy atom. The maximum atomic E-state index is 13.3. The van der Waals surface area contributed by atoms with E-state index in [2.05, 4.69) is 15.6 Å². The second-order valence-corrected chi connectivity index (χ2v) is 12.5. The molecule has 5 rings (SSSR count). The number of ether oxygens (including phenoxy) is 2. The van der Waals surface area contributed by atoms with E-state index < -0.39 is 10.0 Å². The number of piperidine rings is 1. The van der Waals surface area contributed by atoms with Gasteiger partial charge in [-0.1, -0.05) is 6.07 Å². The first-order chi connectivity index (χ1) is 19.4. The number of nitrogens with zero attached hydrogens (tertiary/aromatic N) is 3. The van der Waals surface area contributed by atoms with Crippen molar-refractivity contribution in [2.24, 2.45) is 5.92 Å². The van der Waals surface area contributed by atoms with E-state index in [-0.39, 0.29) is 42.6 Å². The summed E-state index contributed by atoms with van der Waals surface area (Å²) in [5, 5.41) is 6.55. The van der Waals surface area contributed by atoms with Crippen molar-refractivity contribution in [1.82, 2.24) is 24.8 Å². The van der Waals surface area contributed by atoms with Gasteiger partial charge in [0.2, 0.25) is 10.0 Å². The minimum atomic E-state index is -3.49. The molecule has 2 saturated heterocycles. The predicted molar refractivity (Wildman–Crippen MR) is 149 cm³/mol. The minimum absolute atomic E-state index is 0.00141. The van der Waals surface area contributed by atoms with Crippen molar-refractivity contribution >= 4 is 21.8 Å².